The molecule has 2 heteroatoms. The fourth-order valence-electron chi connectivity index (χ4n) is 3.21. The van der Waals surface area contributed by atoms with Crippen molar-refractivity contribution in [1.82, 2.24) is 0 Å². The summed E-state index contributed by atoms with van der Waals surface area (Å²) in [6.45, 7) is 6.57. The Morgan fingerprint density at radius 1 is 1.19 bits per heavy atom. The van der Waals surface area contributed by atoms with Gasteiger partial charge in [-0.05, 0) is 57.1 Å². The van der Waals surface area contributed by atoms with Crippen molar-refractivity contribution in [3.05, 3.63) is 24.3 Å². The molecule has 1 N–H and O–H groups in total. The molecular weight excluding hydrogens is 258 g/mol. The smallest absolute Gasteiger partial charge is 0.121 e. The lowest BCUT2D eigenvalue weighted by atomic mass is 9.83. The van der Waals surface area contributed by atoms with E-state index >= 15 is 0 Å². The molecule has 0 radical (unpaired) electrons. The minimum atomic E-state index is 0.282. The highest BCUT2D eigenvalue weighted by Gasteiger charge is 2.20. The van der Waals surface area contributed by atoms with Crippen LogP contribution >= 0.6 is 0 Å². The van der Waals surface area contributed by atoms with Crippen molar-refractivity contribution in [3.63, 3.8) is 0 Å². The molecule has 2 nitrogen and oxygen atoms in total. The number of benzene rings is 1. The first-order valence-corrected chi connectivity index (χ1v) is 8.74. The Labute approximate surface area is 130 Å². The van der Waals surface area contributed by atoms with E-state index in [-0.39, 0.29) is 6.10 Å². The van der Waals surface area contributed by atoms with E-state index < -0.39 is 0 Å². The molecule has 1 aromatic carbocycles. The van der Waals surface area contributed by atoms with Crippen LogP contribution in [0.15, 0.2) is 24.3 Å². The molecule has 1 aromatic rings. The molecule has 1 fully saturated rings. The lowest BCUT2D eigenvalue weighted by Gasteiger charge is -2.29. The van der Waals surface area contributed by atoms with E-state index in [0.717, 1.165) is 18.1 Å². The van der Waals surface area contributed by atoms with Crippen LogP contribution in [-0.4, -0.2) is 12.1 Å². The van der Waals surface area contributed by atoms with Crippen LogP contribution in [0.3, 0.4) is 0 Å². The molecule has 1 aliphatic carbocycles. The van der Waals surface area contributed by atoms with E-state index in [1.54, 1.807) is 0 Å². The maximum Gasteiger partial charge on any atom is 0.121 e. The van der Waals surface area contributed by atoms with Crippen molar-refractivity contribution in [2.45, 2.75) is 77.9 Å². The molecule has 0 bridgehead atoms. The van der Waals surface area contributed by atoms with Gasteiger partial charge >= 0.3 is 0 Å². The van der Waals surface area contributed by atoms with Crippen LogP contribution in [0.1, 0.15) is 65.7 Å². The average molecular weight is 289 g/mol. The normalized spacial score (nSPS) is 23.6. The topological polar surface area (TPSA) is 21.3 Å². The minimum Gasteiger partial charge on any atom is -0.491 e. The molecule has 0 spiro atoms. The molecule has 1 aliphatic rings. The second kappa shape index (κ2) is 8.31. The predicted molar refractivity (Wildman–Crippen MR) is 91.1 cm³/mol. The number of nitrogens with one attached hydrogen (secondary N) is 1. The molecule has 1 saturated carbocycles. The summed E-state index contributed by atoms with van der Waals surface area (Å²) in [7, 11) is 0. The van der Waals surface area contributed by atoms with Gasteiger partial charge in [0.2, 0.25) is 0 Å². The molecule has 1 unspecified atom stereocenters. The number of hydrogen-bond donors (Lipinski definition) is 1. The lowest BCUT2D eigenvalue weighted by molar-refractivity contribution is 0.217. The predicted octanol–water partition coefficient (Wildman–Crippen LogP) is 5.63. The number of rotatable bonds is 7. The van der Waals surface area contributed by atoms with Crippen molar-refractivity contribution in [2.24, 2.45) is 5.92 Å². The fourth-order valence-corrected chi connectivity index (χ4v) is 3.21. The van der Waals surface area contributed by atoms with E-state index in [4.69, 9.17) is 4.74 Å². The van der Waals surface area contributed by atoms with Crippen LogP contribution < -0.4 is 10.1 Å². The van der Waals surface area contributed by atoms with Crippen LogP contribution in [0.25, 0.3) is 0 Å². The molecule has 0 aromatic heterocycles. The highest BCUT2D eigenvalue weighted by molar-refractivity contribution is 5.49. The van der Waals surface area contributed by atoms with Crippen LogP contribution in [0.4, 0.5) is 5.69 Å². The standard InChI is InChI=1S/C19H31NO/c1-4-7-16-10-12-17(13-11-16)20-18-8-6-9-19(14-18)21-15(3)5-2/h6,8-9,14-17,20H,4-5,7,10-13H2,1-3H3. The van der Waals surface area contributed by atoms with Gasteiger partial charge in [0.05, 0.1) is 6.10 Å². The third kappa shape index (κ3) is 5.26. The molecule has 118 valence electrons. The Balaban J connectivity index is 1.84. The summed E-state index contributed by atoms with van der Waals surface area (Å²) < 4.78 is 5.90. The van der Waals surface area contributed by atoms with Gasteiger partial charge in [0.15, 0.2) is 0 Å². The van der Waals surface area contributed by atoms with Gasteiger partial charge in [-0.1, -0.05) is 32.8 Å². The molecule has 0 saturated heterocycles. The number of ether oxygens (including phenoxy) is 1. The van der Waals surface area contributed by atoms with Crippen molar-refractivity contribution in [2.75, 3.05) is 5.32 Å². The largest absolute Gasteiger partial charge is 0.491 e. The third-order valence-electron chi connectivity index (χ3n) is 4.66. The van der Waals surface area contributed by atoms with Crippen molar-refractivity contribution in [1.29, 1.82) is 0 Å². The zero-order valence-corrected chi connectivity index (χ0v) is 13.9. The maximum atomic E-state index is 5.90. The molecule has 21 heavy (non-hydrogen) atoms. The molecule has 0 aliphatic heterocycles. The summed E-state index contributed by atoms with van der Waals surface area (Å²) in [5.74, 6) is 1.95. The van der Waals surface area contributed by atoms with Crippen molar-refractivity contribution < 1.29 is 4.74 Å². The monoisotopic (exact) mass is 289 g/mol. The van der Waals surface area contributed by atoms with Gasteiger partial charge in [-0.2, -0.15) is 0 Å². The lowest BCUT2D eigenvalue weighted by Crippen LogP contribution is -2.26. The molecule has 0 heterocycles. The fraction of sp³-hybridized carbons (Fsp3) is 0.684. The van der Waals surface area contributed by atoms with E-state index in [2.05, 4.69) is 50.4 Å². The Morgan fingerprint density at radius 3 is 2.62 bits per heavy atom. The molecule has 2 rings (SSSR count). The summed E-state index contributed by atoms with van der Waals surface area (Å²) >= 11 is 0. The zero-order valence-electron chi connectivity index (χ0n) is 13.9. The van der Waals surface area contributed by atoms with Gasteiger partial charge in [-0.15, -0.1) is 0 Å². The second-order valence-electron chi connectivity index (χ2n) is 6.52. The minimum absolute atomic E-state index is 0.282. The van der Waals surface area contributed by atoms with E-state index in [1.165, 1.54) is 44.2 Å². The van der Waals surface area contributed by atoms with Gasteiger partial charge in [-0.25, -0.2) is 0 Å². The highest BCUT2D eigenvalue weighted by atomic mass is 16.5. The van der Waals surface area contributed by atoms with Crippen molar-refractivity contribution >= 4 is 5.69 Å². The van der Waals surface area contributed by atoms with Gasteiger partial charge in [-0.3, -0.25) is 0 Å². The van der Waals surface area contributed by atoms with Crippen LogP contribution in [0.2, 0.25) is 0 Å². The van der Waals surface area contributed by atoms with Crippen LogP contribution in [0.5, 0.6) is 5.75 Å². The van der Waals surface area contributed by atoms with Crippen molar-refractivity contribution in [3.8, 4) is 5.75 Å². The Kier molecular flexibility index (Phi) is 6.41. The first kappa shape index (κ1) is 16.2. The van der Waals surface area contributed by atoms with E-state index in [0.29, 0.717) is 6.04 Å². The van der Waals surface area contributed by atoms with Gasteiger partial charge in [0.25, 0.3) is 0 Å². The third-order valence-corrected chi connectivity index (χ3v) is 4.66. The average Bonchev–Trinajstić information content (AvgIpc) is 2.50. The van der Waals surface area contributed by atoms with Crippen LogP contribution in [0, 0.1) is 5.92 Å². The van der Waals surface area contributed by atoms with Gasteiger partial charge < -0.3 is 10.1 Å². The molecule has 1 atom stereocenters. The second-order valence-corrected chi connectivity index (χ2v) is 6.52. The quantitative estimate of drug-likeness (QED) is 0.702. The summed E-state index contributed by atoms with van der Waals surface area (Å²) in [6.07, 6.45) is 9.44. The Hall–Kier alpha value is -1.18. The first-order valence-electron chi connectivity index (χ1n) is 8.74. The number of hydrogen-bond acceptors (Lipinski definition) is 2. The SMILES string of the molecule is CCCC1CCC(Nc2cccc(OC(C)CC)c2)CC1. The molecule has 0 amide bonds. The highest BCUT2D eigenvalue weighted by Crippen LogP contribution is 2.30. The zero-order chi connectivity index (χ0) is 15.1. The van der Waals surface area contributed by atoms with E-state index in [9.17, 15) is 0 Å². The summed E-state index contributed by atoms with van der Waals surface area (Å²) in [4.78, 5) is 0. The van der Waals surface area contributed by atoms with E-state index in [1.807, 2.05) is 0 Å². The van der Waals surface area contributed by atoms with Gasteiger partial charge in [0.1, 0.15) is 5.75 Å². The first-order chi connectivity index (χ1) is 10.2. The van der Waals surface area contributed by atoms with Crippen LogP contribution in [-0.2, 0) is 0 Å². The molecular formula is C19H31NO. The summed E-state index contributed by atoms with van der Waals surface area (Å²) in [6, 6.07) is 9.07. The maximum absolute atomic E-state index is 5.90. The Morgan fingerprint density at radius 2 is 1.95 bits per heavy atom. The number of anilines is 1. The van der Waals surface area contributed by atoms with Gasteiger partial charge in [0, 0.05) is 17.8 Å². The summed E-state index contributed by atoms with van der Waals surface area (Å²) in [5.41, 5.74) is 1.20. The Bertz CT molecular complexity index is 410. The summed E-state index contributed by atoms with van der Waals surface area (Å²) in [5, 5.41) is 3.70.